The van der Waals surface area contributed by atoms with E-state index in [4.69, 9.17) is 9.72 Å². The van der Waals surface area contributed by atoms with Gasteiger partial charge in [-0.05, 0) is 37.8 Å². The summed E-state index contributed by atoms with van der Waals surface area (Å²) in [5.74, 6) is 1.53. The first-order chi connectivity index (χ1) is 9.20. The minimum atomic E-state index is -0.278. The molecular weight excluding hydrogens is 238 g/mol. The van der Waals surface area contributed by atoms with Crippen LogP contribution in [0.1, 0.15) is 51.0 Å². The van der Waals surface area contributed by atoms with Gasteiger partial charge in [-0.1, -0.05) is 20.3 Å². The molecular formula is C15H25N3O. The number of aromatic nitrogens is 2. The van der Waals surface area contributed by atoms with Gasteiger partial charge < -0.3 is 10.1 Å². The lowest BCUT2D eigenvalue weighted by atomic mass is 9.78. The summed E-state index contributed by atoms with van der Waals surface area (Å²) in [6, 6.07) is 1.97. The number of ether oxygens (including phenoxy) is 1. The Labute approximate surface area is 116 Å². The van der Waals surface area contributed by atoms with Crippen molar-refractivity contribution in [3.8, 4) is 0 Å². The van der Waals surface area contributed by atoms with E-state index in [-0.39, 0.29) is 5.60 Å². The third-order valence-corrected chi connectivity index (χ3v) is 4.02. The van der Waals surface area contributed by atoms with E-state index >= 15 is 0 Å². The smallest absolute Gasteiger partial charge is 0.160 e. The van der Waals surface area contributed by atoms with Crippen molar-refractivity contribution in [3.05, 3.63) is 23.8 Å². The summed E-state index contributed by atoms with van der Waals surface area (Å²) in [4.78, 5) is 9.20. The Balaban J connectivity index is 2.22. The molecule has 1 aromatic rings. The zero-order valence-electron chi connectivity index (χ0n) is 12.3. The Hall–Kier alpha value is -1.00. The molecule has 1 N–H and O–H groups in total. The number of hydrogen-bond acceptors (Lipinski definition) is 4. The molecule has 0 aliphatic heterocycles. The zero-order valence-corrected chi connectivity index (χ0v) is 12.3. The summed E-state index contributed by atoms with van der Waals surface area (Å²) in [5.41, 5.74) is 0.765. The van der Waals surface area contributed by atoms with E-state index in [2.05, 4.69) is 24.1 Å². The van der Waals surface area contributed by atoms with Gasteiger partial charge in [0.1, 0.15) is 5.60 Å². The van der Waals surface area contributed by atoms with Gasteiger partial charge >= 0.3 is 0 Å². The molecule has 0 spiro atoms. The molecule has 1 heterocycles. The number of nitrogens with one attached hydrogen (secondary N) is 1. The number of nitrogens with zero attached hydrogens (tertiary/aromatic N) is 2. The van der Waals surface area contributed by atoms with Crippen LogP contribution in [0.5, 0.6) is 0 Å². The largest absolute Gasteiger partial charge is 0.370 e. The maximum absolute atomic E-state index is 5.85. The third-order valence-electron chi connectivity index (χ3n) is 4.02. The van der Waals surface area contributed by atoms with Crippen molar-refractivity contribution in [3.63, 3.8) is 0 Å². The first-order valence-electron chi connectivity index (χ1n) is 7.28. The highest BCUT2D eigenvalue weighted by Crippen LogP contribution is 2.40. The van der Waals surface area contributed by atoms with Gasteiger partial charge in [0.15, 0.2) is 5.82 Å². The summed E-state index contributed by atoms with van der Waals surface area (Å²) in [6.07, 6.45) is 6.37. The SMILES string of the molecule is CCNCc1ccnc(C2(OC)CCCC(C)C2)n1. The van der Waals surface area contributed by atoms with Crippen LogP contribution in [0.2, 0.25) is 0 Å². The summed E-state index contributed by atoms with van der Waals surface area (Å²) in [6.45, 7) is 6.13. The maximum atomic E-state index is 5.85. The Kier molecular flexibility index (Phi) is 4.88. The standard InChI is InChI=1S/C15H25N3O/c1-4-16-11-13-7-9-17-14(18-13)15(19-3)8-5-6-12(2)10-15/h7,9,12,16H,4-6,8,10-11H2,1-3H3. The van der Waals surface area contributed by atoms with Crippen molar-refractivity contribution < 1.29 is 4.74 Å². The second-order valence-corrected chi connectivity index (χ2v) is 5.55. The fraction of sp³-hybridized carbons (Fsp3) is 0.733. The molecule has 1 aliphatic carbocycles. The van der Waals surface area contributed by atoms with Crippen LogP contribution >= 0.6 is 0 Å². The molecule has 1 aromatic heterocycles. The Morgan fingerprint density at radius 1 is 1.53 bits per heavy atom. The highest BCUT2D eigenvalue weighted by atomic mass is 16.5. The van der Waals surface area contributed by atoms with Crippen LogP contribution in [0, 0.1) is 5.92 Å². The molecule has 2 atom stereocenters. The first-order valence-corrected chi connectivity index (χ1v) is 7.28. The van der Waals surface area contributed by atoms with Gasteiger partial charge in [-0.25, -0.2) is 9.97 Å². The van der Waals surface area contributed by atoms with Crippen molar-refractivity contribution in [2.75, 3.05) is 13.7 Å². The van der Waals surface area contributed by atoms with Crippen LogP contribution in [-0.2, 0) is 16.9 Å². The van der Waals surface area contributed by atoms with E-state index < -0.39 is 0 Å². The van der Waals surface area contributed by atoms with Crippen molar-refractivity contribution >= 4 is 0 Å². The fourth-order valence-corrected chi connectivity index (χ4v) is 2.95. The molecule has 4 nitrogen and oxygen atoms in total. The monoisotopic (exact) mass is 263 g/mol. The summed E-state index contributed by atoms with van der Waals surface area (Å²) in [7, 11) is 1.79. The van der Waals surface area contributed by atoms with Crippen molar-refractivity contribution in [2.45, 2.75) is 51.7 Å². The Morgan fingerprint density at radius 3 is 3.05 bits per heavy atom. The molecule has 1 aliphatic rings. The number of hydrogen-bond donors (Lipinski definition) is 1. The lowest BCUT2D eigenvalue weighted by Gasteiger charge is -2.37. The van der Waals surface area contributed by atoms with E-state index in [1.807, 2.05) is 12.3 Å². The van der Waals surface area contributed by atoms with Gasteiger partial charge in [0.25, 0.3) is 0 Å². The van der Waals surface area contributed by atoms with E-state index in [1.165, 1.54) is 12.8 Å². The van der Waals surface area contributed by atoms with E-state index in [9.17, 15) is 0 Å². The maximum Gasteiger partial charge on any atom is 0.160 e. The Morgan fingerprint density at radius 2 is 2.37 bits per heavy atom. The topological polar surface area (TPSA) is 47.0 Å². The molecule has 1 saturated carbocycles. The van der Waals surface area contributed by atoms with Gasteiger partial charge in [-0.3, -0.25) is 0 Å². The van der Waals surface area contributed by atoms with E-state index in [0.29, 0.717) is 5.92 Å². The quantitative estimate of drug-likeness (QED) is 0.887. The van der Waals surface area contributed by atoms with Crippen LogP contribution in [0.3, 0.4) is 0 Å². The molecule has 2 rings (SSSR count). The second kappa shape index (κ2) is 6.44. The average Bonchev–Trinajstić information content (AvgIpc) is 2.45. The van der Waals surface area contributed by atoms with E-state index in [1.54, 1.807) is 7.11 Å². The van der Waals surface area contributed by atoms with Crippen LogP contribution in [0.25, 0.3) is 0 Å². The number of rotatable bonds is 5. The van der Waals surface area contributed by atoms with Crippen LogP contribution < -0.4 is 5.32 Å². The van der Waals surface area contributed by atoms with Gasteiger partial charge in [0.05, 0.1) is 5.69 Å². The van der Waals surface area contributed by atoms with Gasteiger partial charge in [0.2, 0.25) is 0 Å². The third kappa shape index (κ3) is 3.31. The minimum absolute atomic E-state index is 0.278. The fourth-order valence-electron chi connectivity index (χ4n) is 2.95. The molecule has 0 saturated heterocycles. The summed E-state index contributed by atoms with van der Waals surface area (Å²) < 4.78 is 5.85. The molecule has 0 radical (unpaired) electrons. The molecule has 2 unspecified atom stereocenters. The second-order valence-electron chi connectivity index (χ2n) is 5.55. The van der Waals surface area contributed by atoms with Crippen LogP contribution in [-0.4, -0.2) is 23.6 Å². The molecule has 4 heteroatoms. The molecule has 0 bridgehead atoms. The van der Waals surface area contributed by atoms with Crippen molar-refractivity contribution in [1.29, 1.82) is 0 Å². The van der Waals surface area contributed by atoms with Gasteiger partial charge in [-0.2, -0.15) is 0 Å². The number of methoxy groups -OCH3 is 1. The molecule has 0 amide bonds. The van der Waals surface area contributed by atoms with Crippen molar-refractivity contribution in [2.24, 2.45) is 5.92 Å². The van der Waals surface area contributed by atoms with Crippen molar-refractivity contribution in [1.82, 2.24) is 15.3 Å². The van der Waals surface area contributed by atoms with Gasteiger partial charge in [-0.15, -0.1) is 0 Å². The molecule has 1 fully saturated rings. The molecule has 19 heavy (non-hydrogen) atoms. The predicted octanol–water partition coefficient (Wildman–Crippen LogP) is 2.64. The highest BCUT2D eigenvalue weighted by Gasteiger charge is 2.39. The highest BCUT2D eigenvalue weighted by molar-refractivity contribution is 5.10. The van der Waals surface area contributed by atoms with E-state index in [0.717, 1.165) is 37.4 Å². The molecule has 106 valence electrons. The minimum Gasteiger partial charge on any atom is -0.370 e. The van der Waals surface area contributed by atoms with Crippen LogP contribution in [0.4, 0.5) is 0 Å². The normalized spacial score (nSPS) is 27.4. The summed E-state index contributed by atoms with van der Waals surface area (Å²) >= 11 is 0. The first kappa shape index (κ1) is 14.4. The zero-order chi connectivity index (χ0) is 13.7. The predicted molar refractivity (Wildman–Crippen MR) is 75.7 cm³/mol. The van der Waals surface area contributed by atoms with Gasteiger partial charge in [0, 0.05) is 19.9 Å². The lowest BCUT2D eigenvalue weighted by Crippen LogP contribution is -2.36. The Bertz CT molecular complexity index is 410. The van der Waals surface area contributed by atoms with Crippen LogP contribution in [0.15, 0.2) is 12.3 Å². The summed E-state index contributed by atoms with van der Waals surface area (Å²) in [5, 5.41) is 3.30. The lowest BCUT2D eigenvalue weighted by molar-refractivity contribution is -0.0647. The molecule has 0 aromatic carbocycles. The average molecular weight is 263 g/mol.